The van der Waals surface area contributed by atoms with Gasteiger partial charge in [-0.3, -0.25) is 4.79 Å². The van der Waals surface area contributed by atoms with Crippen molar-refractivity contribution in [3.8, 4) is 0 Å². The molecule has 0 heterocycles. The predicted molar refractivity (Wildman–Crippen MR) is 49.7 cm³/mol. The van der Waals surface area contributed by atoms with Crippen molar-refractivity contribution in [2.45, 2.75) is 13.8 Å². The zero-order valence-electron chi connectivity index (χ0n) is 7.76. The van der Waals surface area contributed by atoms with Gasteiger partial charge in [-0.2, -0.15) is 0 Å². The van der Waals surface area contributed by atoms with Gasteiger partial charge in [0.1, 0.15) is 5.76 Å². The molecule has 2 nitrogen and oxygen atoms in total. The number of rotatable bonds is 4. The zero-order chi connectivity index (χ0) is 9.56. The Morgan fingerprint density at radius 1 is 1.50 bits per heavy atom. The second kappa shape index (κ2) is 5.35. The van der Waals surface area contributed by atoms with Crippen LogP contribution < -0.4 is 0 Å². The molecule has 0 aromatic rings. The minimum atomic E-state index is 0.480. The van der Waals surface area contributed by atoms with Gasteiger partial charge in [-0.05, 0) is 19.4 Å². The second-order valence-corrected chi connectivity index (χ2v) is 2.28. The standard InChI is InChI=1S/C10H14O2/c1-5-8(3)10(12-4)9(6-2)7-11/h5-7H,2H2,1,3-4H3/b8-5-,10-9-. The first-order chi connectivity index (χ1) is 5.71. The molecular weight excluding hydrogens is 152 g/mol. The lowest BCUT2D eigenvalue weighted by Crippen LogP contribution is -1.95. The molecule has 0 atom stereocenters. The molecule has 0 saturated heterocycles. The average molecular weight is 166 g/mol. The summed E-state index contributed by atoms with van der Waals surface area (Å²) in [6, 6.07) is 0. The number of allylic oxidation sites excluding steroid dienone is 4. The molecule has 0 aliphatic rings. The van der Waals surface area contributed by atoms with Crippen LogP contribution in [0.25, 0.3) is 0 Å². The van der Waals surface area contributed by atoms with Crippen LogP contribution in [0.15, 0.2) is 35.6 Å². The molecule has 0 saturated carbocycles. The smallest absolute Gasteiger partial charge is 0.153 e. The van der Waals surface area contributed by atoms with Crippen molar-refractivity contribution in [2.24, 2.45) is 0 Å². The van der Waals surface area contributed by atoms with Crippen molar-refractivity contribution in [2.75, 3.05) is 7.11 Å². The first-order valence-corrected chi connectivity index (χ1v) is 3.70. The van der Waals surface area contributed by atoms with Gasteiger partial charge in [0.25, 0.3) is 0 Å². The lowest BCUT2D eigenvalue weighted by Gasteiger charge is -2.07. The fourth-order valence-electron chi connectivity index (χ4n) is 0.832. The molecule has 0 amide bonds. The van der Waals surface area contributed by atoms with Crippen LogP contribution in [0, 0.1) is 0 Å². The third-order valence-electron chi connectivity index (χ3n) is 1.60. The summed E-state index contributed by atoms with van der Waals surface area (Å²) in [7, 11) is 1.54. The van der Waals surface area contributed by atoms with E-state index in [1.54, 1.807) is 0 Å². The molecular formula is C10H14O2. The highest BCUT2D eigenvalue weighted by atomic mass is 16.5. The number of carbonyl (C=O) groups excluding carboxylic acids is 1. The minimum absolute atomic E-state index is 0.480. The number of hydrogen-bond donors (Lipinski definition) is 0. The van der Waals surface area contributed by atoms with Crippen LogP contribution in [0.4, 0.5) is 0 Å². The first-order valence-electron chi connectivity index (χ1n) is 3.70. The summed E-state index contributed by atoms with van der Waals surface area (Å²) >= 11 is 0. The van der Waals surface area contributed by atoms with Crippen molar-refractivity contribution >= 4 is 6.29 Å². The molecule has 66 valence electrons. The van der Waals surface area contributed by atoms with Gasteiger partial charge in [0.2, 0.25) is 0 Å². The SMILES string of the molecule is C=C/C(C=O)=C(OC)\C(C)=C/C. The molecule has 0 fully saturated rings. The number of methoxy groups -OCH3 is 1. The maximum atomic E-state index is 10.5. The zero-order valence-corrected chi connectivity index (χ0v) is 7.76. The Labute approximate surface area is 73.2 Å². The van der Waals surface area contributed by atoms with Crippen LogP contribution >= 0.6 is 0 Å². The summed E-state index contributed by atoms with van der Waals surface area (Å²) in [6.45, 7) is 7.29. The Morgan fingerprint density at radius 3 is 2.33 bits per heavy atom. The molecule has 2 heteroatoms. The van der Waals surface area contributed by atoms with Crippen LogP contribution in [0.5, 0.6) is 0 Å². The van der Waals surface area contributed by atoms with Gasteiger partial charge in [-0.15, -0.1) is 0 Å². The Morgan fingerprint density at radius 2 is 2.08 bits per heavy atom. The molecule has 0 radical (unpaired) electrons. The molecule has 0 spiro atoms. The van der Waals surface area contributed by atoms with Crippen molar-refractivity contribution in [3.63, 3.8) is 0 Å². The van der Waals surface area contributed by atoms with E-state index in [0.29, 0.717) is 11.3 Å². The molecule has 0 aliphatic heterocycles. The Kier molecular flexibility index (Phi) is 4.77. The maximum absolute atomic E-state index is 10.5. The Bertz CT molecular complexity index is 224. The monoisotopic (exact) mass is 166 g/mol. The summed E-state index contributed by atoms with van der Waals surface area (Å²) in [5.41, 5.74) is 1.41. The number of hydrogen-bond acceptors (Lipinski definition) is 2. The van der Waals surface area contributed by atoms with Gasteiger partial charge in [-0.25, -0.2) is 0 Å². The molecule has 0 aromatic heterocycles. The largest absolute Gasteiger partial charge is 0.496 e. The average Bonchev–Trinajstić information content (AvgIpc) is 2.12. The van der Waals surface area contributed by atoms with Crippen molar-refractivity contribution in [3.05, 3.63) is 35.6 Å². The normalized spacial score (nSPS) is 13.4. The van der Waals surface area contributed by atoms with Crippen LogP contribution in [-0.2, 0) is 9.53 Å². The van der Waals surface area contributed by atoms with E-state index in [9.17, 15) is 4.79 Å². The summed E-state index contributed by atoms with van der Waals surface area (Å²) < 4.78 is 5.06. The fraction of sp³-hybridized carbons (Fsp3) is 0.300. The quantitative estimate of drug-likeness (QED) is 0.277. The first kappa shape index (κ1) is 10.7. The van der Waals surface area contributed by atoms with E-state index in [4.69, 9.17) is 4.74 Å². The Hall–Kier alpha value is -1.31. The Balaban J connectivity index is 5.08. The highest BCUT2D eigenvalue weighted by Gasteiger charge is 2.04. The van der Waals surface area contributed by atoms with Crippen LogP contribution in [0.3, 0.4) is 0 Å². The molecule has 0 aliphatic carbocycles. The van der Waals surface area contributed by atoms with E-state index in [-0.39, 0.29) is 0 Å². The van der Waals surface area contributed by atoms with Gasteiger partial charge < -0.3 is 4.74 Å². The number of ether oxygens (including phenoxy) is 1. The predicted octanol–water partition coefficient (Wildman–Crippen LogP) is 2.24. The molecule has 12 heavy (non-hydrogen) atoms. The third kappa shape index (κ3) is 2.38. The van der Waals surface area contributed by atoms with Crippen molar-refractivity contribution < 1.29 is 9.53 Å². The highest BCUT2D eigenvalue weighted by molar-refractivity contribution is 5.79. The van der Waals surface area contributed by atoms with E-state index in [0.717, 1.165) is 11.9 Å². The van der Waals surface area contributed by atoms with Gasteiger partial charge in [0.05, 0.1) is 12.7 Å². The van der Waals surface area contributed by atoms with Crippen molar-refractivity contribution in [1.82, 2.24) is 0 Å². The van der Waals surface area contributed by atoms with Gasteiger partial charge >= 0.3 is 0 Å². The summed E-state index contributed by atoms with van der Waals surface area (Å²) in [5, 5.41) is 0. The third-order valence-corrected chi connectivity index (χ3v) is 1.60. The molecule has 0 N–H and O–H groups in total. The summed E-state index contributed by atoms with van der Waals surface area (Å²) in [4.78, 5) is 10.5. The van der Waals surface area contributed by atoms with Crippen molar-refractivity contribution in [1.29, 1.82) is 0 Å². The highest BCUT2D eigenvalue weighted by Crippen LogP contribution is 2.14. The number of carbonyl (C=O) groups is 1. The minimum Gasteiger partial charge on any atom is -0.496 e. The molecule has 0 rings (SSSR count). The van der Waals surface area contributed by atoms with Gasteiger partial charge in [0.15, 0.2) is 6.29 Å². The fourth-order valence-corrected chi connectivity index (χ4v) is 0.832. The second-order valence-electron chi connectivity index (χ2n) is 2.28. The molecule has 0 aromatic carbocycles. The summed E-state index contributed by atoms with van der Waals surface area (Å²) in [5.74, 6) is 0.586. The van der Waals surface area contributed by atoms with Gasteiger partial charge in [0, 0.05) is 0 Å². The van der Waals surface area contributed by atoms with E-state index in [2.05, 4.69) is 6.58 Å². The van der Waals surface area contributed by atoms with Crippen LogP contribution in [0.1, 0.15) is 13.8 Å². The summed E-state index contributed by atoms with van der Waals surface area (Å²) in [6.07, 6.45) is 4.10. The van der Waals surface area contributed by atoms with E-state index in [1.165, 1.54) is 13.2 Å². The topological polar surface area (TPSA) is 26.3 Å². The van der Waals surface area contributed by atoms with E-state index >= 15 is 0 Å². The number of aldehydes is 1. The van der Waals surface area contributed by atoms with Gasteiger partial charge in [-0.1, -0.05) is 18.7 Å². The lowest BCUT2D eigenvalue weighted by atomic mass is 10.1. The lowest BCUT2D eigenvalue weighted by molar-refractivity contribution is -0.104. The van der Waals surface area contributed by atoms with Crippen LogP contribution in [0.2, 0.25) is 0 Å². The molecule has 0 bridgehead atoms. The van der Waals surface area contributed by atoms with Crippen LogP contribution in [-0.4, -0.2) is 13.4 Å². The van der Waals surface area contributed by atoms with E-state index < -0.39 is 0 Å². The van der Waals surface area contributed by atoms with E-state index in [1.807, 2.05) is 19.9 Å². The molecule has 0 unspecified atom stereocenters. The maximum Gasteiger partial charge on any atom is 0.153 e.